The molecule has 16 heavy (non-hydrogen) atoms. The number of hydrogen-bond donors (Lipinski definition) is 0. The third kappa shape index (κ3) is 3.56. The standard InChI is InChI=1S/C13H18O2S/c1-10-5-7-11(8-6-10)16(15)9-12(14)13(2,3)4/h5-8H,9H2,1-4H3. The molecule has 0 saturated heterocycles. The first-order valence-electron chi connectivity index (χ1n) is 5.29. The van der Waals surface area contributed by atoms with Crippen LogP contribution in [0, 0.1) is 12.3 Å². The number of carbonyl (C=O) groups is 1. The van der Waals surface area contributed by atoms with Crippen molar-refractivity contribution in [2.24, 2.45) is 5.41 Å². The molecule has 0 N–H and O–H groups in total. The fourth-order valence-corrected chi connectivity index (χ4v) is 2.39. The molecule has 2 nitrogen and oxygen atoms in total. The van der Waals surface area contributed by atoms with E-state index in [-0.39, 0.29) is 11.5 Å². The van der Waals surface area contributed by atoms with E-state index < -0.39 is 16.2 Å². The van der Waals surface area contributed by atoms with Crippen LogP contribution in [0.15, 0.2) is 29.2 Å². The monoisotopic (exact) mass is 238 g/mol. The maximum absolute atomic E-state index is 11.9. The molecule has 0 aromatic heterocycles. The predicted molar refractivity (Wildman–Crippen MR) is 66.9 cm³/mol. The van der Waals surface area contributed by atoms with E-state index in [1.165, 1.54) is 0 Å². The van der Waals surface area contributed by atoms with Gasteiger partial charge < -0.3 is 0 Å². The summed E-state index contributed by atoms with van der Waals surface area (Å²) in [5, 5.41) is 0. The number of benzene rings is 1. The Hall–Kier alpha value is -0.960. The van der Waals surface area contributed by atoms with Crippen LogP contribution in [0.1, 0.15) is 26.3 Å². The van der Waals surface area contributed by atoms with Crippen molar-refractivity contribution in [1.29, 1.82) is 0 Å². The van der Waals surface area contributed by atoms with Gasteiger partial charge in [-0.1, -0.05) is 38.5 Å². The number of hydrogen-bond acceptors (Lipinski definition) is 2. The van der Waals surface area contributed by atoms with E-state index in [4.69, 9.17) is 0 Å². The van der Waals surface area contributed by atoms with Gasteiger partial charge in [0.05, 0.1) is 16.6 Å². The van der Waals surface area contributed by atoms with E-state index in [2.05, 4.69) is 0 Å². The van der Waals surface area contributed by atoms with E-state index >= 15 is 0 Å². The van der Waals surface area contributed by atoms with E-state index in [0.717, 1.165) is 10.5 Å². The highest BCUT2D eigenvalue weighted by molar-refractivity contribution is 7.85. The van der Waals surface area contributed by atoms with E-state index in [1.807, 2.05) is 52.0 Å². The van der Waals surface area contributed by atoms with Gasteiger partial charge in [0.2, 0.25) is 0 Å². The summed E-state index contributed by atoms with van der Waals surface area (Å²) >= 11 is 0. The summed E-state index contributed by atoms with van der Waals surface area (Å²) in [5.74, 6) is 0.137. The quantitative estimate of drug-likeness (QED) is 0.811. The van der Waals surface area contributed by atoms with Crippen molar-refractivity contribution in [2.45, 2.75) is 32.6 Å². The number of rotatable bonds is 3. The first kappa shape index (κ1) is 13.1. The summed E-state index contributed by atoms with van der Waals surface area (Å²) < 4.78 is 11.9. The van der Waals surface area contributed by atoms with Gasteiger partial charge in [-0.25, -0.2) is 0 Å². The van der Waals surface area contributed by atoms with Crippen molar-refractivity contribution in [3.63, 3.8) is 0 Å². The minimum absolute atomic E-state index is 0.0337. The molecule has 0 spiro atoms. The normalized spacial score (nSPS) is 13.5. The van der Waals surface area contributed by atoms with Crippen LogP contribution in [0.2, 0.25) is 0 Å². The molecular formula is C13H18O2S. The van der Waals surface area contributed by atoms with E-state index in [9.17, 15) is 9.00 Å². The Labute approximate surface area is 99.5 Å². The zero-order chi connectivity index (χ0) is 12.3. The van der Waals surface area contributed by atoms with E-state index in [1.54, 1.807) is 0 Å². The van der Waals surface area contributed by atoms with Gasteiger partial charge >= 0.3 is 0 Å². The number of carbonyl (C=O) groups excluding carboxylic acids is 1. The van der Waals surface area contributed by atoms with Crippen LogP contribution in [0.5, 0.6) is 0 Å². The molecule has 88 valence electrons. The van der Waals surface area contributed by atoms with Gasteiger partial charge in [0.15, 0.2) is 5.78 Å². The highest BCUT2D eigenvalue weighted by Crippen LogP contribution is 2.17. The van der Waals surface area contributed by atoms with Crippen molar-refractivity contribution in [2.75, 3.05) is 5.75 Å². The minimum Gasteiger partial charge on any atom is -0.298 e. The Morgan fingerprint density at radius 2 is 1.69 bits per heavy atom. The second kappa shape index (κ2) is 4.91. The van der Waals surface area contributed by atoms with Gasteiger partial charge in [0.25, 0.3) is 0 Å². The summed E-state index contributed by atoms with van der Waals surface area (Å²) in [6, 6.07) is 7.46. The predicted octanol–water partition coefficient (Wildman–Crippen LogP) is 2.72. The van der Waals surface area contributed by atoms with Crippen molar-refractivity contribution < 1.29 is 9.00 Å². The maximum Gasteiger partial charge on any atom is 0.151 e. The van der Waals surface area contributed by atoms with Crippen molar-refractivity contribution >= 4 is 16.6 Å². The second-order valence-corrected chi connectivity index (χ2v) is 6.43. The lowest BCUT2D eigenvalue weighted by Gasteiger charge is -2.15. The average Bonchev–Trinajstić information content (AvgIpc) is 2.17. The van der Waals surface area contributed by atoms with Gasteiger partial charge in [-0.2, -0.15) is 0 Å². The van der Waals surface area contributed by atoms with Crippen molar-refractivity contribution in [1.82, 2.24) is 0 Å². The van der Waals surface area contributed by atoms with Gasteiger partial charge in [0, 0.05) is 10.3 Å². The molecule has 0 bridgehead atoms. The summed E-state index contributed by atoms with van der Waals surface area (Å²) in [4.78, 5) is 12.4. The Bertz CT molecular complexity index is 399. The molecule has 1 rings (SSSR count). The first-order chi connectivity index (χ1) is 7.30. The maximum atomic E-state index is 11.9. The number of aryl methyl sites for hydroxylation is 1. The van der Waals surface area contributed by atoms with Gasteiger partial charge in [-0.15, -0.1) is 0 Å². The fourth-order valence-electron chi connectivity index (χ4n) is 1.11. The van der Waals surface area contributed by atoms with Crippen LogP contribution in [0.3, 0.4) is 0 Å². The molecule has 0 aliphatic carbocycles. The molecule has 0 aliphatic rings. The zero-order valence-corrected chi connectivity index (χ0v) is 11.1. The molecule has 0 fully saturated rings. The molecule has 1 aromatic rings. The molecule has 0 amide bonds. The molecule has 1 aromatic carbocycles. The number of Topliss-reactive ketones (excluding diaryl/α,β-unsaturated/α-hetero) is 1. The Morgan fingerprint density at radius 3 is 2.12 bits per heavy atom. The lowest BCUT2D eigenvalue weighted by molar-refractivity contribution is -0.123. The molecule has 3 heteroatoms. The highest BCUT2D eigenvalue weighted by atomic mass is 32.2. The molecule has 0 radical (unpaired) electrons. The minimum atomic E-state index is -1.22. The molecule has 0 heterocycles. The van der Waals surface area contributed by atoms with Crippen LogP contribution in [0.25, 0.3) is 0 Å². The Morgan fingerprint density at radius 1 is 1.19 bits per heavy atom. The first-order valence-corrected chi connectivity index (χ1v) is 6.61. The van der Waals surface area contributed by atoms with Gasteiger partial charge in [-0.05, 0) is 19.1 Å². The van der Waals surface area contributed by atoms with Crippen LogP contribution in [-0.2, 0) is 15.6 Å². The molecule has 0 aliphatic heterocycles. The Kier molecular flexibility index (Phi) is 4.03. The molecule has 0 saturated carbocycles. The summed E-state index contributed by atoms with van der Waals surface area (Å²) in [6.45, 7) is 7.53. The number of ketones is 1. The van der Waals surface area contributed by atoms with Crippen LogP contribution < -0.4 is 0 Å². The lowest BCUT2D eigenvalue weighted by atomic mass is 9.92. The lowest BCUT2D eigenvalue weighted by Crippen LogP contribution is -2.25. The van der Waals surface area contributed by atoms with Crippen LogP contribution >= 0.6 is 0 Å². The SMILES string of the molecule is Cc1ccc(S(=O)CC(=O)C(C)(C)C)cc1. The Balaban J connectivity index is 2.74. The highest BCUT2D eigenvalue weighted by Gasteiger charge is 2.23. The topological polar surface area (TPSA) is 34.1 Å². The van der Waals surface area contributed by atoms with Crippen LogP contribution in [0.4, 0.5) is 0 Å². The second-order valence-electron chi connectivity index (χ2n) is 4.98. The molecule has 1 atom stereocenters. The van der Waals surface area contributed by atoms with Gasteiger partial charge in [0.1, 0.15) is 0 Å². The third-order valence-corrected chi connectivity index (χ3v) is 3.70. The molecular weight excluding hydrogens is 220 g/mol. The smallest absolute Gasteiger partial charge is 0.151 e. The fraction of sp³-hybridized carbons (Fsp3) is 0.462. The van der Waals surface area contributed by atoms with Crippen molar-refractivity contribution in [3.8, 4) is 0 Å². The summed E-state index contributed by atoms with van der Waals surface area (Å²) in [7, 11) is -1.22. The third-order valence-electron chi connectivity index (χ3n) is 2.38. The molecule has 1 unspecified atom stereocenters. The summed E-state index contributed by atoms with van der Waals surface area (Å²) in [5.41, 5.74) is 0.711. The summed E-state index contributed by atoms with van der Waals surface area (Å²) in [6.07, 6.45) is 0. The van der Waals surface area contributed by atoms with E-state index in [0.29, 0.717) is 0 Å². The average molecular weight is 238 g/mol. The zero-order valence-electron chi connectivity index (χ0n) is 10.2. The van der Waals surface area contributed by atoms with Crippen molar-refractivity contribution in [3.05, 3.63) is 29.8 Å². The van der Waals surface area contributed by atoms with Gasteiger partial charge in [-0.3, -0.25) is 9.00 Å². The van der Waals surface area contributed by atoms with Crippen LogP contribution in [-0.4, -0.2) is 15.7 Å². The largest absolute Gasteiger partial charge is 0.298 e.